The first kappa shape index (κ1) is 24.5. The van der Waals surface area contributed by atoms with Crippen LogP contribution in [0.25, 0.3) is 0 Å². The third-order valence-electron chi connectivity index (χ3n) is 4.59. The van der Waals surface area contributed by atoms with Crippen molar-refractivity contribution in [2.24, 2.45) is 0 Å². The minimum absolute atomic E-state index is 0.0264. The molecule has 31 heavy (non-hydrogen) atoms. The van der Waals surface area contributed by atoms with Crippen molar-refractivity contribution in [2.75, 3.05) is 26.2 Å². The Hall–Kier alpha value is -2.72. The van der Waals surface area contributed by atoms with Crippen LogP contribution in [-0.2, 0) is 21.4 Å². The van der Waals surface area contributed by atoms with Crippen LogP contribution in [0.5, 0.6) is 5.75 Å². The minimum atomic E-state index is -3.72. The van der Waals surface area contributed by atoms with Crippen LogP contribution in [-0.4, -0.2) is 49.4 Å². The van der Waals surface area contributed by atoms with Gasteiger partial charge in [-0.3, -0.25) is 9.59 Å². The Morgan fingerprint density at radius 3 is 2.42 bits per heavy atom. The van der Waals surface area contributed by atoms with Crippen LogP contribution >= 0.6 is 0 Å². The van der Waals surface area contributed by atoms with Crippen molar-refractivity contribution in [1.29, 1.82) is 0 Å². The molecular weight excluding hydrogens is 425 g/mol. The van der Waals surface area contributed by atoms with E-state index in [4.69, 9.17) is 4.74 Å². The van der Waals surface area contributed by atoms with E-state index in [-0.39, 0.29) is 23.2 Å². The maximum atomic E-state index is 12.8. The first-order valence-electron chi connectivity index (χ1n) is 10.1. The van der Waals surface area contributed by atoms with Gasteiger partial charge in [0.2, 0.25) is 15.9 Å². The lowest BCUT2D eigenvalue weighted by Crippen LogP contribution is -2.34. The van der Waals surface area contributed by atoms with Gasteiger partial charge in [-0.05, 0) is 43.2 Å². The average Bonchev–Trinajstić information content (AvgIpc) is 2.74. The Morgan fingerprint density at radius 1 is 1.10 bits per heavy atom. The smallest absolute Gasteiger partial charge is 0.251 e. The van der Waals surface area contributed by atoms with Crippen molar-refractivity contribution in [3.8, 4) is 5.75 Å². The Labute approximate surface area is 181 Å². The molecule has 0 saturated heterocycles. The molecule has 0 aliphatic heterocycles. The zero-order valence-corrected chi connectivity index (χ0v) is 18.5. The highest BCUT2D eigenvalue weighted by molar-refractivity contribution is 7.89. The molecule has 0 fully saturated rings. The van der Waals surface area contributed by atoms with Crippen LogP contribution in [0.1, 0.15) is 26.7 Å². The number of benzene rings is 1. The molecule has 0 unspecified atom stereocenters. The van der Waals surface area contributed by atoms with Crippen molar-refractivity contribution in [3.05, 3.63) is 58.8 Å². The number of sulfonamides is 1. The molecule has 1 aromatic carbocycles. The molecule has 0 aliphatic rings. The molecule has 10 heteroatoms. The van der Waals surface area contributed by atoms with Gasteiger partial charge in [0, 0.05) is 31.9 Å². The van der Waals surface area contributed by atoms with E-state index in [0.717, 1.165) is 10.6 Å². The molecule has 0 atom stereocenters. The fourth-order valence-corrected chi connectivity index (χ4v) is 4.36. The van der Waals surface area contributed by atoms with E-state index in [2.05, 4.69) is 5.32 Å². The number of nitrogens with one attached hydrogen (secondary N) is 1. The van der Waals surface area contributed by atoms with Gasteiger partial charge < -0.3 is 14.6 Å². The molecule has 1 aromatic heterocycles. The second-order valence-electron chi connectivity index (χ2n) is 6.78. The molecule has 0 bridgehead atoms. The third-order valence-corrected chi connectivity index (χ3v) is 6.62. The molecule has 1 heterocycles. The second-order valence-corrected chi connectivity index (χ2v) is 8.72. The number of hydrogen-bond acceptors (Lipinski definition) is 5. The first-order valence-corrected chi connectivity index (χ1v) is 11.6. The third kappa shape index (κ3) is 7.18. The summed E-state index contributed by atoms with van der Waals surface area (Å²) in [5.41, 5.74) is -0.457. The molecular formula is C21H28FN3O5S. The number of amides is 1. The maximum Gasteiger partial charge on any atom is 0.251 e. The lowest BCUT2D eigenvalue weighted by atomic mass is 10.3. The van der Waals surface area contributed by atoms with Gasteiger partial charge in [0.25, 0.3) is 5.56 Å². The van der Waals surface area contributed by atoms with E-state index in [1.54, 1.807) is 26.0 Å². The number of hydrogen-bond donors (Lipinski definition) is 1. The minimum Gasteiger partial charge on any atom is -0.494 e. The largest absolute Gasteiger partial charge is 0.494 e. The van der Waals surface area contributed by atoms with Gasteiger partial charge in [0.1, 0.15) is 18.1 Å². The van der Waals surface area contributed by atoms with Crippen LogP contribution < -0.4 is 15.6 Å². The lowest BCUT2D eigenvalue weighted by molar-refractivity contribution is -0.121. The molecule has 1 N–H and O–H groups in total. The van der Waals surface area contributed by atoms with E-state index >= 15 is 0 Å². The first-order chi connectivity index (χ1) is 14.8. The lowest BCUT2D eigenvalue weighted by Gasteiger charge is -2.19. The summed E-state index contributed by atoms with van der Waals surface area (Å²) in [6, 6.07) is 8.13. The zero-order valence-electron chi connectivity index (χ0n) is 17.7. The Balaban J connectivity index is 1.82. The molecule has 2 rings (SSSR count). The number of pyridine rings is 1. The van der Waals surface area contributed by atoms with Crippen molar-refractivity contribution in [3.63, 3.8) is 0 Å². The Bertz CT molecular complexity index is 1020. The van der Waals surface area contributed by atoms with E-state index in [0.29, 0.717) is 44.8 Å². The highest BCUT2D eigenvalue weighted by Gasteiger charge is 2.22. The number of carbonyl (C=O) groups excluding carboxylic acids is 1. The molecule has 0 saturated carbocycles. The summed E-state index contributed by atoms with van der Waals surface area (Å²) in [7, 11) is -3.72. The summed E-state index contributed by atoms with van der Waals surface area (Å²) in [6.07, 6.45) is 2.53. The highest BCUT2D eigenvalue weighted by Crippen LogP contribution is 2.14. The van der Waals surface area contributed by atoms with Crippen LogP contribution in [0.2, 0.25) is 0 Å². The fourth-order valence-electron chi connectivity index (χ4n) is 2.88. The number of unbranched alkanes of at least 4 members (excludes halogenated alkanes) is 1. The quantitative estimate of drug-likeness (QED) is 0.496. The number of ether oxygens (including phenoxy) is 1. The van der Waals surface area contributed by atoms with E-state index in [1.165, 1.54) is 28.7 Å². The van der Waals surface area contributed by atoms with Crippen molar-refractivity contribution in [1.82, 2.24) is 14.2 Å². The van der Waals surface area contributed by atoms with Gasteiger partial charge in [-0.15, -0.1) is 0 Å². The van der Waals surface area contributed by atoms with Gasteiger partial charge in [0.15, 0.2) is 0 Å². The molecule has 170 valence electrons. The Morgan fingerprint density at radius 2 is 1.77 bits per heavy atom. The van der Waals surface area contributed by atoms with Gasteiger partial charge in [-0.25, -0.2) is 12.8 Å². The fraction of sp³-hybridized carbons (Fsp3) is 0.429. The summed E-state index contributed by atoms with van der Waals surface area (Å²) < 4.78 is 45.9. The van der Waals surface area contributed by atoms with Gasteiger partial charge in [-0.2, -0.15) is 4.31 Å². The van der Waals surface area contributed by atoms with Gasteiger partial charge in [0.05, 0.1) is 11.5 Å². The summed E-state index contributed by atoms with van der Waals surface area (Å²) in [4.78, 5) is 24.2. The summed E-state index contributed by atoms with van der Waals surface area (Å²) in [5.74, 6) is -0.145. The SMILES string of the molecule is CCN(CC)S(=O)(=O)c1ccc(=O)n(CC(=O)NCCCCOc2ccc(F)cc2)c1. The maximum absolute atomic E-state index is 12.8. The van der Waals surface area contributed by atoms with Gasteiger partial charge >= 0.3 is 0 Å². The van der Waals surface area contributed by atoms with Crippen LogP contribution in [0.3, 0.4) is 0 Å². The molecule has 2 aromatic rings. The van der Waals surface area contributed by atoms with Crippen LogP contribution in [0.15, 0.2) is 52.3 Å². The highest BCUT2D eigenvalue weighted by atomic mass is 32.2. The normalized spacial score (nSPS) is 11.5. The molecule has 0 radical (unpaired) electrons. The summed E-state index contributed by atoms with van der Waals surface area (Å²) in [5, 5.41) is 2.70. The average molecular weight is 454 g/mol. The van der Waals surface area contributed by atoms with Crippen molar-refractivity contribution in [2.45, 2.75) is 38.1 Å². The van der Waals surface area contributed by atoms with Crippen LogP contribution in [0.4, 0.5) is 4.39 Å². The molecule has 0 aliphatic carbocycles. The van der Waals surface area contributed by atoms with Crippen molar-refractivity contribution >= 4 is 15.9 Å². The number of carbonyl (C=O) groups is 1. The van der Waals surface area contributed by atoms with Crippen molar-refractivity contribution < 1.29 is 22.3 Å². The summed E-state index contributed by atoms with van der Waals surface area (Å²) in [6.45, 7) is 4.62. The van der Waals surface area contributed by atoms with E-state index in [9.17, 15) is 22.4 Å². The number of halogens is 1. The summed E-state index contributed by atoms with van der Waals surface area (Å²) >= 11 is 0. The topological polar surface area (TPSA) is 97.7 Å². The Kier molecular flexibility index (Phi) is 9.20. The molecule has 1 amide bonds. The zero-order chi connectivity index (χ0) is 22.9. The molecule has 8 nitrogen and oxygen atoms in total. The number of aromatic nitrogens is 1. The number of nitrogens with zero attached hydrogens (tertiary/aromatic N) is 2. The van der Waals surface area contributed by atoms with E-state index < -0.39 is 15.6 Å². The predicted octanol–water partition coefficient (Wildman–Crippen LogP) is 1.99. The predicted molar refractivity (Wildman–Crippen MR) is 115 cm³/mol. The molecule has 0 spiro atoms. The van der Waals surface area contributed by atoms with Crippen LogP contribution in [0, 0.1) is 5.82 Å². The standard InChI is InChI=1S/C21H28FN3O5S/c1-3-25(4-2)31(28,29)19-11-12-21(27)24(15-19)16-20(26)23-13-5-6-14-30-18-9-7-17(22)8-10-18/h7-12,15H,3-6,13-14,16H2,1-2H3,(H,23,26). The number of rotatable bonds is 12. The van der Waals surface area contributed by atoms with E-state index in [1.807, 2.05) is 0 Å². The van der Waals surface area contributed by atoms with Gasteiger partial charge in [-0.1, -0.05) is 13.8 Å². The monoisotopic (exact) mass is 453 g/mol. The second kappa shape index (κ2) is 11.6.